The van der Waals surface area contributed by atoms with Crippen molar-refractivity contribution in [3.05, 3.63) is 52.7 Å². The van der Waals surface area contributed by atoms with Gasteiger partial charge in [0.05, 0.1) is 5.69 Å². The highest BCUT2D eigenvalue weighted by molar-refractivity contribution is 7.99. The molecule has 3 aromatic rings. The Morgan fingerprint density at radius 3 is 2.46 bits per heavy atom. The Kier molecular flexibility index (Phi) is 6.00. The van der Waals surface area contributed by atoms with Crippen molar-refractivity contribution in [2.75, 3.05) is 11.1 Å². The van der Waals surface area contributed by atoms with Crippen molar-refractivity contribution in [2.24, 2.45) is 0 Å². The van der Waals surface area contributed by atoms with Crippen LogP contribution in [-0.4, -0.2) is 26.6 Å². The summed E-state index contributed by atoms with van der Waals surface area (Å²) in [4.78, 5) is 25.4. The number of hydrogen-bond donors (Lipinski definition) is 1. The molecule has 5 nitrogen and oxygen atoms in total. The predicted octanol–water partition coefficient (Wildman–Crippen LogP) is 4.65. The predicted molar refractivity (Wildman–Crippen MR) is 108 cm³/mol. The minimum absolute atomic E-state index is 0.0494. The molecule has 0 unspecified atom stereocenters. The lowest BCUT2D eigenvalue weighted by molar-refractivity contribution is -0.115. The summed E-state index contributed by atoms with van der Waals surface area (Å²) in [7, 11) is 0. The van der Waals surface area contributed by atoms with E-state index in [0.29, 0.717) is 22.5 Å². The molecular weight excluding hydrogens is 364 g/mol. The van der Waals surface area contributed by atoms with Gasteiger partial charge in [0.25, 0.3) is 0 Å². The van der Waals surface area contributed by atoms with Crippen molar-refractivity contribution in [3.63, 3.8) is 0 Å². The lowest BCUT2D eigenvalue weighted by atomic mass is 10.1. The molecule has 1 amide bonds. The van der Waals surface area contributed by atoms with Crippen LogP contribution < -0.4 is 5.32 Å². The summed E-state index contributed by atoms with van der Waals surface area (Å²) in [5.41, 5.74) is 5.02. The average Bonchev–Trinajstić information content (AvgIpc) is 3.03. The van der Waals surface area contributed by atoms with Gasteiger partial charge < -0.3 is 5.32 Å². The van der Waals surface area contributed by atoms with E-state index in [1.54, 1.807) is 0 Å². The first-order valence-electron chi connectivity index (χ1n) is 8.27. The van der Waals surface area contributed by atoms with Crippen LogP contribution >= 0.6 is 23.1 Å². The van der Waals surface area contributed by atoms with E-state index in [2.05, 4.69) is 39.3 Å². The van der Waals surface area contributed by atoms with Crippen LogP contribution in [0.15, 0.2) is 40.9 Å². The number of hydrogen-bond acceptors (Lipinski definition) is 6. The topological polar surface area (TPSA) is 67.8 Å². The molecule has 7 heteroatoms. The molecule has 2 heterocycles. The number of nitrogens with one attached hydrogen (secondary N) is 1. The molecule has 26 heavy (non-hydrogen) atoms. The number of anilines is 1. The molecule has 1 aromatic carbocycles. The van der Waals surface area contributed by atoms with Gasteiger partial charge in [0, 0.05) is 34.5 Å². The summed E-state index contributed by atoms with van der Waals surface area (Å²) in [5.74, 6) is 0.581. The van der Waals surface area contributed by atoms with Crippen LogP contribution in [0.5, 0.6) is 0 Å². The highest BCUT2D eigenvalue weighted by Crippen LogP contribution is 2.25. The lowest BCUT2D eigenvalue weighted by Gasteiger charge is -2.03. The minimum Gasteiger partial charge on any atom is -0.302 e. The fourth-order valence-corrected chi connectivity index (χ4v) is 3.99. The van der Waals surface area contributed by atoms with Crippen molar-refractivity contribution in [1.29, 1.82) is 0 Å². The molecule has 2 aromatic heterocycles. The lowest BCUT2D eigenvalue weighted by Crippen LogP contribution is -2.12. The molecule has 0 bridgehead atoms. The second kappa shape index (κ2) is 8.42. The highest BCUT2D eigenvalue weighted by Gasteiger charge is 2.09. The Morgan fingerprint density at radius 2 is 1.77 bits per heavy atom. The number of amides is 1. The molecular formula is C19H20N4OS2. The van der Waals surface area contributed by atoms with Gasteiger partial charge in [0.15, 0.2) is 10.3 Å². The number of nitrogens with zero attached hydrogens (tertiary/aromatic N) is 3. The molecule has 0 aliphatic carbocycles. The summed E-state index contributed by atoms with van der Waals surface area (Å²) in [5, 5.41) is 6.16. The Hall–Kier alpha value is -2.25. The van der Waals surface area contributed by atoms with Crippen LogP contribution in [0.25, 0.3) is 11.3 Å². The second-order valence-electron chi connectivity index (χ2n) is 5.98. The zero-order valence-electron chi connectivity index (χ0n) is 14.9. The second-order valence-corrected chi connectivity index (χ2v) is 7.90. The third-order valence-corrected chi connectivity index (χ3v) is 5.23. The molecule has 0 fully saturated rings. The van der Waals surface area contributed by atoms with Gasteiger partial charge in [-0.15, -0.1) is 11.3 Å². The van der Waals surface area contributed by atoms with Crippen molar-refractivity contribution < 1.29 is 4.79 Å². The number of benzene rings is 1. The maximum Gasteiger partial charge on any atom is 0.226 e. The van der Waals surface area contributed by atoms with Crippen molar-refractivity contribution in [3.8, 4) is 11.3 Å². The molecule has 0 atom stereocenters. The smallest absolute Gasteiger partial charge is 0.226 e. The summed E-state index contributed by atoms with van der Waals surface area (Å²) in [6, 6.07) is 10.1. The number of aromatic nitrogens is 3. The third kappa shape index (κ3) is 5.12. The Labute approximate surface area is 161 Å². The van der Waals surface area contributed by atoms with Gasteiger partial charge in [-0.25, -0.2) is 15.0 Å². The quantitative estimate of drug-likeness (QED) is 0.495. The SMILES string of the molecule is Cc1ccc(-c2csc(NC(=O)CCSc3nc(C)cc(C)n3)n2)cc1. The molecule has 0 saturated carbocycles. The van der Waals surface area contributed by atoms with E-state index < -0.39 is 0 Å². The van der Waals surface area contributed by atoms with Gasteiger partial charge in [0.2, 0.25) is 5.91 Å². The number of thioether (sulfide) groups is 1. The fourth-order valence-electron chi connectivity index (χ4n) is 2.36. The van der Waals surface area contributed by atoms with Gasteiger partial charge in [-0.2, -0.15) is 0 Å². The number of carbonyl (C=O) groups is 1. The third-order valence-electron chi connectivity index (χ3n) is 3.62. The van der Waals surface area contributed by atoms with E-state index in [4.69, 9.17) is 0 Å². The van der Waals surface area contributed by atoms with Crippen LogP contribution in [0.4, 0.5) is 5.13 Å². The van der Waals surface area contributed by atoms with E-state index >= 15 is 0 Å². The van der Waals surface area contributed by atoms with Gasteiger partial charge >= 0.3 is 0 Å². The molecule has 3 rings (SSSR count). The van der Waals surface area contributed by atoms with Gasteiger partial charge in [-0.1, -0.05) is 41.6 Å². The number of rotatable bonds is 6. The van der Waals surface area contributed by atoms with Crippen molar-refractivity contribution in [1.82, 2.24) is 15.0 Å². The number of aryl methyl sites for hydroxylation is 3. The van der Waals surface area contributed by atoms with E-state index in [-0.39, 0.29) is 5.91 Å². The van der Waals surface area contributed by atoms with E-state index in [9.17, 15) is 4.79 Å². The van der Waals surface area contributed by atoms with Gasteiger partial charge in [0.1, 0.15) is 0 Å². The summed E-state index contributed by atoms with van der Waals surface area (Å²) in [6.45, 7) is 5.94. The largest absolute Gasteiger partial charge is 0.302 e. The van der Waals surface area contributed by atoms with Crippen molar-refractivity contribution in [2.45, 2.75) is 32.3 Å². The van der Waals surface area contributed by atoms with E-state index in [1.807, 2.05) is 37.4 Å². The first-order chi connectivity index (χ1) is 12.5. The zero-order valence-corrected chi connectivity index (χ0v) is 16.6. The summed E-state index contributed by atoms with van der Waals surface area (Å²) >= 11 is 2.93. The molecule has 1 N–H and O–H groups in total. The van der Waals surface area contributed by atoms with E-state index in [0.717, 1.165) is 22.6 Å². The molecule has 0 saturated heterocycles. The first kappa shape index (κ1) is 18.5. The number of carbonyl (C=O) groups excluding carboxylic acids is 1. The maximum absolute atomic E-state index is 12.1. The first-order valence-corrected chi connectivity index (χ1v) is 10.1. The Bertz CT molecular complexity index is 886. The monoisotopic (exact) mass is 384 g/mol. The minimum atomic E-state index is -0.0494. The fraction of sp³-hybridized carbons (Fsp3) is 0.263. The van der Waals surface area contributed by atoms with Crippen LogP contribution in [0.1, 0.15) is 23.4 Å². The van der Waals surface area contributed by atoms with Gasteiger partial charge in [-0.05, 0) is 26.8 Å². The zero-order chi connectivity index (χ0) is 18.5. The molecule has 0 spiro atoms. The molecule has 0 aliphatic rings. The maximum atomic E-state index is 12.1. The Morgan fingerprint density at radius 1 is 1.08 bits per heavy atom. The standard InChI is InChI=1S/C19H20N4OS2/c1-12-4-6-15(7-5-12)16-11-26-19(22-16)23-17(24)8-9-25-18-20-13(2)10-14(3)21-18/h4-7,10-11H,8-9H2,1-3H3,(H,22,23,24). The van der Waals surface area contributed by atoms with Gasteiger partial charge in [-0.3, -0.25) is 4.79 Å². The normalized spacial score (nSPS) is 10.7. The molecule has 0 radical (unpaired) electrons. The highest BCUT2D eigenvalue weighted by atomic mass is 32.2. The summed E-state index contributed by atoms with van der Waals surface area (Å²) in [6.07, 6.45) is 0.389. The summed E-state index contributed by atoms with van der Waals surface area (Å²) < 4.78 is 0. The number of thiazole rings is 1. The van der Waals surface area contributed by atoms with E-state index in [1.165, 1.54) is 28.7 Å². The molecule has 0 aliphatic heterocycles. The average molecular weight is 385 g/mol. The van der Waals surface area contributed by atoms with Crippen LogP contribution in [-0.2, 0) is 4.79 Å². The van der Waals surface area contributed by atoms with Crippen LogP contribution in [0, 0.1) is 20.8 Å². The van der Waals surface area contributed by atoms with Crippen LogP contribution in [0.2, 0.25) is 0 Å². The van der Waals surface area contributed by atoms with Crippen molar-refractivity contribution >= 4 is 34.1 Å². The van der Waals surface area contributed by atoms with Crippen LogP contribution in [0.3, 0.4) is 0 Å². The Balaban J connectivity index is 1.51. The molecule has 134 valence electrons.